The van der Waals surface area contributed by atoms with E-state index in [-0.39, 0.29) is 24.1 Å². The van der Waals surface area contributed by atoms with E-state index >= 15 is 0 Å². The molecule has 0 saturated carbocycles. The van der Waals surface area contributed by atoms with Crippen LogP contribution in [-0.2, 0) is 9.53 Å². The third-order valence-corrected chi connectivity index (χ3v) is 3.21. The summed E-state index contributed by atoms with van der Waals surface area (Å²) in [7, 11) is 0. The first-order chi connectivity index (χ1) is 9.58. The molecule has 0 aliphatic carbocycles. The number of carbonyl (C=O) groups excluding carboxylic acids is 2. The topological polar surface area (TPSA) is 61.9 Å². The highest BCUT2D eigenvalue weighted by Gasteiger charge is 2.30. The maximum absolute atomic E-state index is 12.0. The Kier molecular flexibility index (Phi) is 6.01. The second-order valence-corrected chi connectivity index (χ2v) is 6.97. The summed E-state index contributed by atoms with van der Waals surface area (Å²) in [4.78, 5) is 27.7. The SMILES string of the molecule is CC(C)NC(=O)CN1CCN(C(=O)OC(C)(C)C)C[C@@H]1C. The second kappa shape index (κ2) is 7.11. The molecule has 0 bridgehead atoms. The fourth-order valence-corrected chi connectivity index (χ4v) is 2.27. The third-order valence-electron chi connectivity index (χ3n) is 3.21. The van der Waals surface area contributed by atoms with Crippen molar-refractivity contribution in [2.45, 2.75) is 59.2 Å². The summed E-state index contributed by atoms with van der Waals surface area (Å²) in [5, 5.41) is 2.89. The molecule has 1 aliphatic heterocycles. The maximum Gasteiger partial charge on any atom is 0.410 e. The number of hydrogen-bond acceptors (Lipinski definition) is 4. The number of ether oxygens (including phenoxy) is 1. The zero-order chi connectivity index (χ0) is 16.2. The van der Waals surface area contributed by atoms with Crippen LogP contribution in [0.2, 0.25) is 0 Å². The molecule has 1 atom stereocenters. The minimum atomic E-state index is -0.478. The maximum atomic E-state index is 12.0. The van der Waals surface area contributed by atoms with Gasteiger partial charge in [0.05, 0.1) is 6.54 Å². The van der Waals surface area contributed by atoms with Crippen LogP contribution in [0.5, 0.6) is 0 Å². The second-order valence-electron chi connectivity index (χ2n) is 6.97. The third kappa shape index (κ3) is 6.33. The molecule has 0 aromatic heterocycles. The van der Waals surface area contributed by atoms with Crippen LogP contribution in [-0.4, -0.2) is 65.7 Å². The van der Waals surface area contributed by atoms with Gasteiger partial charge < -0.3 is 15.0 Å². The van der Waals surface area contributed by atoms with Gasteiger partial charge in [0.15, 0.2) is 0 Å². The van der Waals surface area contributed by atoms with Crippen molar-refractivity contribution in [2.75, 3.05) is 26.2 Å². The quantitative estimate of drug-likeness (QED) is 0.857. The standard InChI is InChI=1S/C15H29N3O3/c1-11(2)16-13(19)10-17-7-8-18(9-12(17)3)14(20)21-15(4,5)6/h11-12H,7-10H2,1-6H3,(H,16,19)/t12-/m0/s1. The van der Waals surface area contributed by atoms with Gasteiger partial charge in [-0.3, -0.25) is 9.69 Å². The van der Waals surface area contributed by atoms with Gasteiger partial charge in [-0.15, -0.1) is 0 Å². The molecule has 0 spiro atoms. The van der Waals surface area contributed by atoms with Crippen molar-refractivity contribution in [1.82, 2.24) is 15.1 Å². The lowest BCUT2D eigenvalue weighted by Gasteiger charge is -2.39. The lowest BCUT2D eigenvalue weighted by Crippen LogP contribution is -2.56. The summed E-state index contributed by atoms with van der Waals surface area (Å²) in [6.07, 6.45) is -0.277. The molecule has 1 aliphatic rings. The van der Waals surface area contributed by atoms with Crippen LogP contribution in [0.4, 0.5) is 4.79 Å². The van der Waals surface area contributed by atoms with E-state index in [2.05, 4.69) is 10.2 Å². The minimum Gasteiger partial charge on any atom is -0.444 e. The van der Waals surface area contributed by atoms with Gasteiger partial charge in [-0.05, 0) is 41.5 Å². The Hall–Kier alpha value is -1.30. The number of piperazine rings is 1. The van der Waals surface area contributed by atoms with Crippen molar-refractivity contribution in [2.24, 2.45) is 0 Å². The van der Waals surface area contributed by atoms with Crippen LogP contribution in [0.25, 0.3) is 0 Å². The van der Waals surface area contributed by atoms with Gasteiger partial charge >= 0.3 is 6.09 Å². The van der Waals surface area contributed by atoms with Crippen LogP contribution >= 0.6 is 0 Å². The number of nitrogens with one attached hydrogen (secondary N) is 1. The first kappa shape index (κ1) is 17.8. The Morgan fingerprint density at radius 1 is 1.29 bits per heavy atom. The summed E-state index contributed by atoms with van der Waals surface area (Å²) in [6.45, 7) is 13.7. The Bertz CT molecular complexity index is 377. The largest absolute Gasteiger partial charge is 0.444 e. The van der Waals surface area contributed by atoms with Gasteiger partial charge in [0.1, 0.15) is 5.60 Å². The van der Waals surface area contributed by atoms with E-state index in [1.807, 2.05) is 41.5 Å². The lowest BCUT2D eigenvalue weighted by molar-refractivity contribution is -0.123. The van der Waals surface area contributed by atoms with Crippen molar-refractivity contribution < 1.29 is 14.3 Å². The van der Waals surface area contributed by atoms with Gasteiger partial charge in [-0.2, -0.15) is 0 Å². The summed E-state index contributed by atoms with van der Waals surface area (Å²) in [6, 6.07) is 0.292. The summed E-state index contributed by atoms with van der Waals surface area (Å²) in [5.41, 5.74) is -0.478. The molecule has 2 amide bonds. The first-order valence-electron chi connectivity index (χ1n) is 7.60. The van der Waals surface area contributed by atoms with Crippen LogP contribution < -0.4 is 5.32 Å². The van der Waals surface area contributed by atoms with E-state index in [0.717, 1.165) is 0 Å². The Morgan fingerprint density at radius 2 is 1.90 bits per heavy atom. The van der Waals surface area contributed by atoms with E-state index in [1.165, 1.54) is 0 Å². The highest BCUT2D eigenvalue weighted by atomic mass is 16.6. The summed E-state index contributed by atoms with van der Waals surface area (Å²) < 4.78 is 5.38. The van der Waals surface area contributed by atoms with Gasteiger partial charge in [-0.1, -0.05) is 0 Å². The van der Waals surface area contributed by atoms with Crippen LogP contribution in [0.3, 0.4) is 0 Å². The molecule has 1 saturated heterocycles. The summed E-state index contributed by atoms with van der Waals surface area (Å²) in [5.74, 6) is 0.0302. The predicted octanol–water partition coefficient (Wildman–Crippen LogP) is 1.45. The number of carbonyl (C=O) groups is 2. The molecule has 1 heterocycles. The molecule has 6 nitrogen and oxygen atoms in total. The summed E-state index contributed by atoms with van der Waals surface area (Å²) >= 11 is 0. The van der Waals surface area contributed by atoms with E-state index in [1.54, 1.807) is 4.90 Å². The molecular weight excluding hydrogens is 270 g/mol. The normalized spacial score (nSPS) is 20.5. The highest BCUT2D eigenvalue weighted by Crippen LogP contribution is 2.14. The highest BCUT2D eigenvalue weighted by molar-refractivity contribution is 5.78. The number of rotatable bonds is 3. The molecule has 6 heteroatoms. The fourth-order valence-electron chi connectivity index (χ4n) is 2.27. The average Bonchev–Trinajstić information content (AvgIpc) is 2.28. The van der Waals surface area contributed by atoms with E-state index in [0.29, 0.717) is 26.2 Å². The molecule has 0 aromatic carbocycles. The van der Waals surface area contributed by atoms with Crippen molar-refractivity contribution in [3.05, 3.63) is 0 Å². The molecule has 0 unspecified atom stereocenters. The zero-order valence-corrected chi connectivity index (χ0v) is 14.1. The fraction of sp³-hybridized carbons (Fsp3) is 0.867. The Labute approximate surface area is 127 Å². The molecule has 1 fully saturated rings. The van der Waals surface area contributed by atoms with Crippen LogP contribution in [0.1, 0.15) is 41.5 Å². The lowest BCUT2D eigenvalue weighted by atomic mass is 10.2. The smallest absolute Gasteiger partial charge is 0.410 e. The van der Waals surface area contributed by atoms with Crippen molar-refractivity contribution in [1.29, 1.82) is 0 Å². The van der Waals surface area contributed by atoms with Gasteiger partial charge in [0, 0.05) is 31.7 Å². The average molecular weight is 299 g/mol. The first-order valence-corrected chi connectivity index (χ1v) is 7.60. The zero-order valence-electron chi connectivity index (χ0n) is 14.1. The predicted molar refractivity (Wildman–Crippen MR) is 82.1 cm³/mol. The monoisotopic (exact) mass is 299 g/mol. The van der Waals surface area contributed by atoms with Crippen LogP contribution in [0.15, 0.2) is 0 Å². The van der Waals surface area contributed by atoms with Crippen molar-refractivity contribution in [3.8, 4) is 0 Å². The van der Waals surface area contributed by atoms with Gasteiger partial charge in [-0.25, -0.2) is 4.79 Å². The molecule has 0 aromatic rings. The Balaban J connectivity index is 2.47. The molecule has 1 rings (SSSR count). The number of hydrogen-bond donors (Lipinski definition) is 1. The van der Waals surface area contributed by atoms with E-state index in [9.17, 15) is 9.59 Å². The Morgan fingerprint density at radius 3 is 2.38 bits per heavy atom. The molecule has 21 heavy (non-hydrogen) atoms. The van der Waals surface area contributed by atoms with Gasteiger partial charge in [0.25, 0.3) is 0 Å². The number of amides is 2. The van der Waals surface area contributed by atoms with E-state index in [4.69, 9.17) is 4.74 Å². The molecule has 0 radical (unpaired) electrons. The van der Waals surface area contributed by atoms with Crippen molar-refractivity contribution in [3.63, 3.8) is 0 Å². The molecular formula is C15H29N3O3. The van der Waals surface area contributed by atoms with Crippen molar-refractivity contribution >= 4 is 12.0 Å². The molecule has 122 valence electrons. The number of nitrogens with zero attached hydrogens (tertiary/aromatic N) is 2. The van der Waals surface area contributed by atoms with Gasteiger partial charge in [0.2, 0.25) is 5.91 Å². The van der Waals surface area contributed by atoms with E-state index < -0.39 is 5.60 Å². The van der Waals surface area contributed by atoms with Crippen LogP contribution in [0, 0.1) is 0 Å². The molecule has 1 N–H and O–H groups in total. The minimum absolute atomic E-state index is 0.0302.